The van der Waals surface area contributed by atoms with Gasteiger partial charge in [0.05, 0.1) is 6.33 Å². The fraction of sp³-hybridized carbons (Fsp3) is 0.455. The van der Waals surface area contributed by atoms with Gasteiger partial charge >= 0.3 is 0 Å². The summed E-state index contributed by atoms with van der Waals surface area (Å²) >= 11 is 0. The van der Waals surface area contributed by atoms with Crippen molar-refractivity contribution in [1.29, 1.82) is 0 Å². The van der Waals surface area contributed by atoms with Gasteiger partial charge in [-0.1, -0.05) is 6.42 Å². The van der Waals surface area contributed by atoms with Crippen LogP contribution < -0.4 is 11.2 Å². The van der Waals surface area contributed by atoms with Crippen molar-refractivity contribution in [3.05, 3.63) is 12.7 Å². The summed E-state index contributed by atoms with van der Waals surface area (Å²) in [6.07, 6.45) is 5.95. The van der Waals surface area contributed by atoms with E-state index in [-0.39, 0.29) is 5.91 Å². The first-order chi connectivity index (χ1) is 9.22. The molecule has 19 heavy (non-hydrogen) atoms. The van der Waals surface area contributed by atoms with E-state index in [1.165, 1.54) is 6.33 Å². The van der Waals surface area contributed by atoms with Crippen molar-refractivity contribution in [2.24, 2.45) is 0 Å². The first kappa shape index (κ1) is 13.2. The van der Waals surface area contributed by atoms with Crippen LogP contribution in [0.15, 0.2) is 12.7 Å². The van der Waals surface area contributed by atoms with Crippen LogP contribution >= 0.6 is 0 Å². The van der Waals surface area contributed by atoms with Gasteiger partial charge in [0.25, 0.3) is 0 Å². The quantitative estimate of drug-likeness (QED) is 0.396. The predicted molar refractivity (Wildman–Crippen MR) is 68.1 cm³/mol. The van der Waals surface area contributed by atoms with Gasteiger partial charge in [-0.05, 0) is 12.8 Å². The number of fused-ring (bicyclic) bond motifs is 1. The van der Waals surface area contributed by atoms with Gasteiger partial charge in [-0.15, -0.1) is 0 Å². The highest BCUT2D eigenvalue weighted by Gasteiger charge is 2.07. The monoisotopic (exact) mass is 264 g/mol. The standard InChI is InChI=1S/C11H16N6O2/c12-10-9-11(14-6-13-10)17(7-15-9)5-3-1-2-4-8(18)16-19/h6-7,19H,1-5H2,(H,16,18)(H2,12,13,14). The Hall–Kier alpha value is -2.22. The number of hydrogen-bond acceptors (Lipinski definition) is 6. The minimum atomic E-state index is -0.353. The molecule has 0 unspecified atom stereocenters. The van der Waals surface area contributed by atoms with E-state index in [2.05, 4.69) is 15.0 Å². The first-order valence-electron chi connectivity index (χ1n) is 6.06. The van der Waals surface area contributed by atoms with E-state index < -0.39 is 0 Å². The Morgan fingerprint density at radius 3 is 2.95 bits per heavy atom. The molecule has 0 aliphatic carbocycles. The third-order valence-corrected chi connectivity index (χ3v) is 2.86. The van der Waals surface area contributed by atoms with Crippen molar-refractivity contribution in [3.63, 3.8) is 0 Å². The zero-order valence-electron chi connectivity index (χ0n) is 10.4. The van der Waals surface area contributed by atoms with Crippen molar-refractivity contribution in [2.75, 3.05) is 5.73 Å². The Kier molecular flexibility index (Phi) is 4.24. The number of imidazole rings is 1. The van der Waals surface area contributed by atoms with Gasteiger partial charge in [-0.25, -0.2) is 20.4 Å². The zero-order valence-corrected chi connectivity index (χ0v) is 10.4. The Labute approximate surface area is 109 Å². The van der Waals surface area contributed by atoms with Crippen LogP contribution in [0.1, 0.15) is 25.7 Å². The normalized spacial score (nSPS) is 10.8. The van der Waals surface area contributed by atoms with Crippen molar-refractivity contribution in [3.8, 4) is 0 Å². The van der Waals surface area contributed by atoms with Crippen molar-refractivity contribution in [2.45, 2.75) is 32.2 Å². The molecule has 0 aliphatic rings. The summed E-state index contributed by atoms with van der Waals surface area (Å²) in [4.78, 5) is 23.0. The smallest absolute Gasteiger partial charge is 0.243 e. The molecule has 0 aromatic carbocycles. The fourth-order valence-electron chi connectivity index (χ4n) is 1.86. The number of hydroxylamine groups is 1. The molecule has 0 bridgehead atoms. The average Bonchev–Trinajstić information content (AvgIpc) is 2.83. The van der Waals surface area contributed by atoms with E-state index >= 15 is 0 Å². The van der Waals surface area contributed by atoms with E-state index in [1.807, 2.05) is 4.57 Å². The van der Waals surface area contributed by atoms with Crippen molar-refractivity contribution >= 4 is 22.9 Å². The number of nitrogens with one attached hydrogen (secondary N) is 1. The number of nitrogens with two attached hydrogens (primary N) is 1. The molecular weight excluding hydrogens is 248 g/mol. The summed E-state index contributed by atoms with van der Waals surface area (Å²) in [5.41, 5.74) is 8.65. The molecule has 2 heterocycles. The van der Waals surface area contributed by atoms with Crippen LogP contribution in [0.5, 0.6) is 0 Å². The molecule has 0 saturated heterocycles. The molecule has 102 valence electrons. The van der Waals surface area contributed by atoms with Gasteiger partial charge in [-0.3, -0.25) is 10.0 Å². The predicted octanol–water partition coefficient (Wildman–Crippen LogP) is 0.474. The Balaban J connectivity index is 1.85. The largest absolute Gasteiger partial charge is 0.382 e. The van der Waals surface area contributed by atoms with Crippen LogP contribution in [0, 0.1) is 0 Å². The zero-order chi connectivity index (χ0) is 13.7. The van der Waals surface area contributed by atoms with Crippen molar-refractivity contribution < 1.29 is 10.0 Å². The molecule has 4 N–H and O–H groups in total. The van der Waals surface area contributed by atoms with Crippen LogP contribution in [0.25, 0.3) is 11.2 Å². The molecule has 8 nitrogen and oxygen atoms in total. The summed E-state index contributed by atoms with van der Waals surface area (Å²) in [5.74, 6) is 0.0250. The molecule has 2 rings (SSSR count). The summed E-state index contributed by atoms with van der Waals surface area (Å²) in [6.45, 7) is 0.758. The lowest BCUT2D eigenvalue weighted by Gasteiger charge is -2.03. The molecule has 0 aliphatic heterocycles. The second-order valence-electron chi connectivity index (χ2n) is 4.21. The van der Waals surface area contributed by atoms with Gasteiger partial charge < -0.3 is 10.3 Å². The van der Waals surface area contributed by atoms with Crippen LogP contribution in [0.3, 0.4) is 0 Å². The molecule has 2 aromatic rings. The minimum Gasteiger partial charge on any atom is -0.382 e. The van der Waals surface area contributed by atoms with Gasteiger partial charge in [0.2, 0.25) is 5.91 Å². The summed E-state index contributed by atoms with van der Waals surface area (Å²) in [6, 6.07) is 0. The number of amides is 1. The summed E-state index contributed by atoms with van der Waals surface area (Å²) in [7, 11) is 0. The third kappa shape index (κ3) is 3.16. The molecule has 0 radical (unpaired) electrons. The second kappa shape index (κ2) is 6.10. The van der Waals surface area contributed by atoms with E-state index in [9.17, 15) is 4.79 Å². The molecule has 8 heteroatoms. The molecule has 0 spiro atoms. The lowest BCUT2D eigenvalue weighted by molar-refractivity contribution is -0.129. The van der Waals surface area contributed by atoms with Crippen LogP contribution in [0.2, 0.25) is 0 Å². The maximum absolute atomic E-state index is 10.8. The number of aryl methyl sites for hydroxylation is 1. The molecule has 1 amide bonds. The number of unbranched alkanes of at least 4 members (excludes halogenated alkanes) is 2. The van der Waals surface area contributed by atoms with Gasteiger partial charge in [0.15, 0.2) is 11.5 Å². The topological polar surface area (TPSA) is 119 Å². The molecule has 2 aromatic heterocycles. The second-order valence-corrected chi connectivity index (χ2v) is 4.21. The van der Waals surface area contributed by atoms with Gasteiger partial charge in [-0.2, -0.15) is 0 Å². The maximum atomic E-state index is 10.8. The van der Waals surface area contributed by atoms with Gasteiger partial charge in [0, 0.05) is 13.0 Å². The average molecular weight is 264 g/mol. The third-order valence-electron chi connectivity index (χ3n) is 2.86. The number of rotatable bonds is 6. The lowest BCUT2D eigenvalue weighted by Crippen LogP contribution is -2.17. The fourth-order valence-corrected chi connectivity index (χ4v) is 1.86. The number of anilines is 1. The highest BCUT2D eigenvalue weighted by atomic mass is 16.5. The van der Waals surface area contributed by atoms with Gasteiger partial charge in [0.1, 0.15) is 11.8 Å². The summed E-state index contributed by atoms with van der Waals surface area (Å²) < 4.78 is 1.92. The van der Waals surface area contributed by atoms with E-state index in [0.29, 0.717) is 17.8 Å². The lowest BCUT2D eigenvalue weighted by atomic mass is 10.2. The number of nitrogens with zero attached hydrogens (tertiary/aromatic N) is 4. The highest BCUT2D eigenvalue weighted by Crippen LogP contribution is 2.15. The molecule has 0 saturated carbocycles. The molecule has 0 atom stereocenters. The van der Waals surface area contributed by atoms with Crippen LogP contribution in [-0.4, -0.2) is 30.6 Å². The van der Waals surface area contributed by atoms with Crippen LogP contribution in [0.4, 0.5) is 5.82 Å². The highest BCUT2D eigenvalue weighted by molar-refractivity contribution is 5.81. The SMILES string of the molecule is Nc1ncnc2c1ncn2CCCCCC(=O)NO. The van der Waals surface area contributed by atoms with Crippen LogP contribution in [-0.2, 0) is 11.3 Å². The van der Waals surface area contributed by atoms with Crippen molar-refractivity contribution in [1.82, 2.24) is 25.0 Å². The van der Waals surface area contributed by atoms with E-state index in [1.54, 1.807) is 11.8 Å². The first-order valence-corrected chi connectivity index (χ1v) is 6.06. The Morgan fingerprint density at radius 1 is 1.32 bits per heavy atom. The maximum Gasteiger partial charge on any atom is 0.243 e. The Morgan fingerprint density at radius 2 is 2.16 bits per heavy atom. The number of carbonyl (C=O) groups is 1. The number of nitrogen functional groups attached to an aromatic ring is 1. The molecular formula is C11H16N6O2. The Bertz CT molecular complexity index is 567. The summed E-state index contributed by atoms with van der Waals surface area (Å²) in [5, 5.41) is 8.35. The number of hydrogen-bond donors (Lipinski definition) is 3. The molecule has 0 fully saturated rings. The minimum absolute atomic E-state index is 0.330. The number of carbonyl (C=O) groups excluding carboxylic acids is 1. The van der Waals surface area contributed by atoms with E-state index in [0.717, 1.165) is 31.5 Å². The number of aromatic nitrogens is 4. The van der Waals surface area contributed by atoms with E-state index in [4.69, 9.17) is 10.9 Å².